The molecule has 0 aliphatic carbocycles. The van der Waals surface area contributed by atoms with Gasteiger partial charge in [-0.05, 0) is 50.2 Å². The number of furan rings is 1. The highest BCUT2D eigenvalue weighted by Crippen LogP contribution is 2.33. The second kappa shape index (κ2) is 7.70. The standard InChI is InChI=1S/C20H17FN4O4/c1-11-3-8-15(28-11)9-22-16(26)10-27-19-17-18(13-4-6-14(21)7-5-13)25-29-20(17)24-12(2)23-19/h3-8H,9-10H2,1-2H3,(H,22,26). The first kappa shape index (κ1) is 18.6. The molecule has 148 valence electrons. The number of nitrogens with one attached hydrogen (secondary N) is 1. The average molecular weight is 396 g/mol. The summed E-state index contributed by atoms with van der Waals surface area (Å²) in [5.74, 6) is 1.27. The molecule has 0 saturated carbocycles. The van der Waals surface area contributed by atoms with Crippen LogP contribution < -0.4 is 10.1 Å². The Hall–Kier alpha value is -3.75. The molecule has 0 spiro atoms. The van der Waals surface area contributed by atoms with Crippen molar-refractivity contribution in [2.75, 3.05) is 6.61 Å². The van der Waals surface area contributed by atoms with Gasteiger partial charge in [0.15, 0.2) is 6.61 Å². The van der Waals surface area contributed by atoms with Gasteiger partial charge in [0.05, 0.1) is 6.54 Å². The van der Waals surface area contributed by atoms with Crippen LogP contribution in [0.1, 0.15) is 17.3 Å². The summed E-state index contributed by atoms with van der Waals surface area (Å²) in [6.07, 6.45) is 0. The fourth-order valence-corrected chi connectivity index (χ4v) is 2.79. The summed E-state index contributed by atoms with van der Waals surface area (Å²) in [6.45, 7) is 3.49. The second-order valence-electron chi connectivity index (χ2n) is 6.37. The summed E-state index contributed by atoms with van der Waals surface area (Å²) < 4.78 is 29.6. The van der Waals surface area contributed by atoms with Crippen LogP contribution in [0.2, 0.25) is 0 Å². The number of carbonyl (C=O) groups excluding carboxylic acids is 1. The fraction of sp³-hybridized carbons (Fsp3) is 0.200. The normalized spacial score (nSPS) is 11.0. The number of hydrogen-bond acceptors (Lipinski definition) is 7. The number of nitrogens with zero attached hydrogens (tertiary/aromatic N) is 3. The lowest BCUT2D eigenvalue weighted by Gasteiger charge is -2.08. The number of ether oxygens (including phenoxy) is 1. The zero-order chi connectivity index (χ0) is 20.4. The Morgan fingerprint density at radius 1 is 1.14 bits per heavy atom. The van der Waals surface area contributed by atoms with E-state index in [2.05, 4.69) is 20.4 Å². The van der Waals surface area contributed by atoms with E-state index in [9.17, 15) is 9.18 Å². The smallest absolute Gasteiger partial charge is 0.265 e. The van der Waals surface area contributed by atoms with Crippen LogP contribution in [0.5, 0.6) is 5.88 Å². The maximum absolute atomic E-state index is 13.2. The van der Waals surface area contributed by atoms with Crippen LogP contribution in [0, 0.1) is 19.7 Å². The lowest BCUT2D eigenvalue weighted by Crippen LogP contribution is -2.28. The Kier molecular flexibility index (Phi) is 4.94. The van der Waals surface area contributed by atoms with Crippen molar-refractivity contribution >= 4 is 17.0 Å². The molecule has 0 aliphatic heterocycles. The summed E-state index contributed by atoms with van der Waals surface area (Å²) in [5, 5.41) is 7.13. The predicted molar refractivity (Wildman–Crippen MR) is 101 cm³/mol. The molecule has 8 nitrogen and oxygen atoms in total. The Bertz CT molecular complexity index is 1170. The van der Waals surface area contributed by atoms with Crippen molar-refractivity contribution in [3.05, 3.63) is 59.6 Å². The van der Waals surface area contributed by atoms with Gasteiger partial charge < -0.3 is 19.0 Å². The molecule has 3 heterocycles. The van der Waals surface area contributed by atoms with Crippen LogP contribution >= 0.6 is 0 Å². The minimum atomic E-state index is -0.367. The van der Waals surface area contributed by atoms with E-state index in [0.29, 0.717) is 28.2 Å². The van der Waals surface area contributed by atoms with Gasteiger partial charge in [0.25, 0.3) is 11.6 Å². The van der Waals surface area contributed by atoms with Gasteiger partial charge in [-0.15, -0.1) is 0 Å². The number of rotatable bonds is 6. The molecule has 1 N–H and O–H groups in total. The van der Waals surface area contributed by atoms with Gasteiger partial charge in [-0.2, -0.15) is 9.97 Å². The van der Waals surface area contributed by atoms with E-state index in [1.165, 1.54) is 12.1 Å². The number of benzene rings is 1. The second-order valence-corrected chi connectivity index (χ2v) is 6.37. The number of fused-ring (bicyclic) bond motifs is 1. The fourth-order valence-electron chi connectivity index (χ4n) is 2.79. The molecular weight excluding hydrogens is 379 g/mol. The van der Waals surface area contributed by atoms with Gasteiger partial charge in [0, 0.05) is 5.56 Å². The maximum atomic E-state index is 13.2. The van der Waals surface area contributed by atoms with Crippen molar-refractivity contribution in [2.45, 2.75) is 20.4 Å². The van der Waals surface area contributed by atoms with Gasteiger partial charge in [0.2, 0.25) is 5.88 Å². The molecule has 4 aromatic rings. The zero-order valence-electron chi connectivity index (χ0n) is 15.7. The van der Waals surface area contributed by atoms with Crippen LogP contribution in [-0.4, -0.2) is 27.6 Å². The lowest BCUT2D eigenvalue weighted by atomic mass is 10.1. The summed E-state index contributed by atoms with van der Waals surface area (Å²) in [5.41, 5.74) is 1.24. The lowest BCUT2D eigenvalue weighted by molar-refractivity contribution is -0.123. The van der Waals surface area contributed by atoms with Crippen LogP contribution in [0.4, 0.5) is 4.39 Å². The van der Waals surface area contributed by atoms with E-state index in [4.69, 9.17) is 13.7 Å². The zero-order valence-corrected chi connectivity index (χ0v) is 15.7. The van der Waals surface area contributed by atoms with E-state index in [-0.39, 0.29) is 36.5 Å². The summed E-state index contributed by atoms with van der Waals surface area (Å²) >= 11 is 0. The topological polar surface area (TPSA) is 103 Å². The Morgan fingerprint density at radius 3 is 2.66 bits per heavy atom. The molecular formula is C20H17FN4O4. The molecule has 0 fully saturated rings. The highest BCUT2D eigenvalue weighted by molar-refractivity contribution is 5.93. The van der Waals surface area contributed by atoms with Crippen molar-refractivity contribution in [3.63, 3.8) is 0 Å². The predicted octanol–water partition coefficient (Wildman–Crippen LogP) is 3.33. The van der Waals surface area contributed by atoms with Crippen LogP contribution in [-0.2, 0) is 11.3 Å². The third-order valence-electron chi connectivity index (χ3n) is 4.13. The molecule has 0 unspecified atom stereocenters. The summed E-state index contributed by atoms with van der Waals surface area (Å²) in [7, 11) is 0. The number of hydrogen-bond donors (Lipinski definition) is 1. The summed E-state index contributed by atoms with van der Waals surface area (Å²) in [6, 6.07) is 9.37. The van der Waals surface area contributed by atoms with Crippen molar-refractivity contribution in [3.8, 4) is 17.1 Å². The molecule has 9 heteroatoms. The first-order valence-corrected chi connectivity index (χ1v) is 8.84. The number of aromatic nitrogens is 3. The Balaban J connectivity index is 1.54. The van der Waals surface area contributed by atoms with E-state index in [0.717, 1.165) is 5.76 Å². The van der Waals surface area contributed by atoms with Gasteiger partial charge in [-0.1, -0.05) is 5.16 Å². The van der Waals surface area contributed by atoms with Crippen LogP contribution in [0.15, 0.2) is 45.3 Å². The van der Waals surface area contributed by atoms with E-state index in [1.807, 2.05) is 13.0 Å². The quantitative estimate of drug-likeness (QED) is 0.533. The number of aryl methyl sites for hydroxylation is 2. The first-order chi connectivity index (χ1) is 14.0. The molecule has 3 aromatic heterocycles. The molecule has 1 aromatic carbocycles. The van der Waals surface area contributed by atoms with E-state index < -0.39 is 0 Å². The molecule has 0 aliphatic rings. The van der Waals surface area contributed by atoms with Crippen molar-refractivity contribution in [1.29, 1.82) is 0 Å². The maximum Gasteiger partial charge on any atom is 0.265 e. The minimum Gasteiger partial charge on any atom is -0.467 e. The largest absolute Gasteiger partial charge is 0.467 e. The van der Waals surface area contributed by atoms with Crippen molar-refractivity contribution in [2.24, 2.45) is 0 Å². The average Bonchev–Trinajstić information content (AvgIpc) is 3.31. The summed E-state index contributed by atoms with van der Waals surface area (Å²) in [4.78, 5) is 20.6. The van der Waals surface area contributed by atoms with Gasteiger partial charge in [0.1, 0.15) is 34.2 Å². The third-order valence-corrected chi connectivity index (χ3v) is 4.13. The molecule has 0 saturated heterocycles. The van der Waals surface area contributed by atoms with Crippen molar-refractivity contribution < 1.29 is 22.9 Å². The Morgan fingerprint density at radius 2 is 1.93 bits per heavy atom. The van der Waals surface area contributed by atoms with E-state index in [1.54, 1.807) is 25.1 Å². The van der Waals surface area contributed by atoms with Gasteiger partial charge in [-0.3, -0.25) is 4.79 Å². The SMILES string of the molecule is Cc1nc(OCC(=O)NCc2ccc(C)o2)c2c(-c3ccc(F)cc3)noc2n1. The first-order valence-electron chi connectivity index (χ1n) is 8.84. The Labute approximate surface area is 164 Å². The molecule has 0 bridgehead atoms. The van der Waals surface area contributed by atoms with Crippen LogP contribution in [0.3, 0.4) is 0 Å². The van der Waals surface area contributed by atoms with Crippen LogP contribution in [0.25, 0.3) is 22.4 Å². The number of carbonyl (C=O) groups is 1. The molecule has 0 atom stereocenters. The third kappa shape index (κ3) is 4.08. The van der Waals surface area contributed by atoms with Gasteiger partial charge >= 0.3 is 0 Å². The molecule has 0 radical (unpaired) electrons. The van der Waals surface area contributed by atoms with Crippen molar-refractivity contribution in [1.82, 2.24) is 20.4 Å². The molecule has 1 amide bonds. The van der Waals surface area contributed by atoms with Gasteiger partial charge in [-0.25, -0.2) is 4.39 Å². The number of halogens is 1. The number of amides is 1. The molecule has 29 heavy (non-hydrogen) atoms. The minimum absolute atomic E-state index is 0.164. The highest BCUT2D eigenvalue weighted by atomic mass is 19.1. The van der Waals surface area contributed by atoms with E-state index >= 15 is 0 Å². The monoisotopic (exact) mass is 396 g/mol. The highest BCUT2D eigenvalue weighted by Gasteiger charge is 2.20. The molecule has 4 rings (SSSR count).